The average molecular weight is 97.1 g/mol. The van der Waals surface area contributed by atoms with Gasteiger partial charge < -0.3 is 10.4 Å². The highest BCUT2D eigenvalue weighted by Gasteiger charge is 1.89. The van der Waals surface area contributed by atoms with Crippen LogP contribution in [0, 0.1) is 6.20 Å². The van der Waals surface area contributed by atoms with Gasteiger partial charge in [-0.1, -0.05) is 0 Å². The fraction of sp³-hybridized carbons (Fsp3) is 0.250. The minimum atomic E-state index is -0.0775. The number of rotatable bonds is 0. The first-order chi connectivity index (χ1) is 3.39. The van der Waals surface area contributed by atoms with Crippen LogP contribution in [0.4, 0.5) is 0 Å². The third-order valence-electron chi connectivity index (χ3n) is 0.607. The van der Waals surface area contributed by atoms with Gasteiger partial charge in [0, 0.05) is 6.21 Å². The van der Waals surface area contributed by atoms with Crippen molar-refractivity contribution in [2.24, 2.45) is 4.99 Å². The molecule has 0 amide bonds. The van der Waals surface area contributed by atoms with Crippen LogP contribution in [0.25, 0.3) is 0 Å². The largest absolute Gasteiger partial charge is 0.492 e. The fourth-order valence-corrected chi connectivity index (χ4v) is 0.340. The van der Waals surface area contributed by atoms with Crippen LogP contribution in [-0.4, -0.2) is 17.9 Å². The highest BCUT2D eigenvalue weighted by molar-refractivity contribution is 5.61. The summed E-state index contributed by atoms with van der Waals surface area (Å²) in [7, 11) is 0. The molecule has 3 nitrogen and oxygen atoms in total. The Hall–Kier alpha value is -0.990. The number of aliphatic hydroxyl groups is 1. The van der Waals surface area contributed by atoms with Gasteiger partial charge in [0.05, 0.1) is 6.54 Å². The van der Waals surface area contributed by atoms with Crippen molar-refractivity contribution in [1.29, 1.82) is 0 Å². The molecule has 0 saturated heterocycles. The van der Waals surface area contributed by atoms with E-state index in [9.17, 15) is 0 Å². The molecule has 0 aromatic rings. The van der Waals surface area contributed by atoms with E-state index in [2.05, 4.69) is 16.5 Å². The molecule has 1 aliphatic heterocycles. The van der Waals surface area contributed by atoms with Crippen molar-refractivity contribution in [2.45, 2.75) is 0 Å². The first-order valence-electron chi connectivity index (χ1n) is 1.97. The number of aliphatic imine (C=N–C) groups is 1. The van der Waals surface area contributed by atoms with E-state index in [-0.39, 0.29) is 5.88 Å². The molecule has 7 heavy (non-hydrogen) atoms. The highest BCUT2D eigenvalue weighted by Crippen LogP contribution is 1.86. The first-order valence-corrected chi connectivity index (χ1v) is 1.97. The lowest BCUT2D eigenvalue weighted by Crippen LogP contribution is -2.13. The molecule has 1 rings (SSSR count). The van der Waals surface area contributed by atoms with Crippen LogP contribution in [0.2, 0.25) is 0 Å². The molecule has 37 valence electrons. The number of nitrogens with zero attached hydrogens (tertiary/aromatic N) is 1. The molecule has 0 aromatic carbocycles. The number of nitrogens with one attached hydrogen (secondary N) is 1. The summed E-state index contributed by atoms with van der Waals surface area (Å²) in [5.41, 5.74) is 0. The van der Waals surface area contributed by atoms with Gasteiger partial charge in [-0.15, -0.1) is 0 Å². The minimum absolute atomic E-state index is 0.0775. The molecule has 0 bridgehead atoms. The maximum atomic E-state index is 8.45. The zero-order valence-electron chi connectivity index (χ0n) is 3.68. The van der Waals surface area contributed by atoms with E-state index in [0.717, 1.165) is 0 Å². The van der Waals surface area contributed by atoms with Gasteiger partial charge in [-0.3, -0.25) is 0 Å². The molecule has 0 aromatic heterocycles. The number of aliphatic hydroxyl groups excluding tert-OH is 1. The molecule has 2 N–H and O–H groups in total. The smallest absolute Gasteiger partial charge is 0.237 e. The number of hydrogen-bond acceptors (Lipinski definition) is 3. The summed E-state index contributed by atoms with van der Waals surface area (Å²) in [4.78, 5) is 3.50. The van der Waals surface area contributed by atoms with Crippen LogP contribution < -0.4 is 5.32 Å². The zero-order chi connectivity index (χ0) is 5.11. The van der Waals surface area contributed by atoms with Gasteiger partial charge in [0.2, 0.25) is 5.88 Å². The van der Waals surface area contributed by atoms with Crippen LogP contribution in [0.3, 0.4) is 0 Å². The van der Waals surface area contributed by atoms with E-state index in [1.165, 1.54) is 0 Å². The van der Waals surface area contributed by atoms with Crippen molar-refractivity contribution in [3.63, 3.8) is 0 Å². The summed E-state index contributed by atoms with van der Waals surface area (Å²) < 4.78 is 0. The van der Waals surface area contributed by atoms with E-state index in [1.807, 2.05) is 0 Å². The average Bonchev–Trinajstić information content (AvgIpc) is 1.69. The van der Waals surface area contributed by atoms with Crippen LogP contribution >= 0.6 is 0 Å². The Morgan fingerprint density at radius 2 is 2.86 bits per heavy atom. The van der Waals surface area contributed by atoms with Crippen molar-refractivity contribution in [1.82, 2.24) is 5.32 Å². The molecule has 0 unspecified atom stereocenters. The third kappa shape index (κ3) is 0.924. The van der Waals surface area contributed by atoms with E-state index >= 15 is 0 Å². The fourth-order valence-electron chi connectivity index (χ4n) is 0.340. The number of hydrogen-bond donors (Lipinski definition) is 2. The van der Waals surface area contributed by atoms with Gasteiger partial charge in [0.1, 0.15) is 6.20 Å². The molecule has 0 saturated carbocycles. The van der Waals surface area contributed by atoms with Crippen LogP contribution in [0.5, 0.6) is 0 Å². The summed E-state index contributed by atoms with van der Waals surface area (Å²) in [6.07, 6.45) is 3.98. The van der Waals surface area contributed by atoms with Gasteiger partial charge >= 0.3 is 0 Å². The lowest BCUT2D eigenvalue weighted by molar-refractivity contribution is 0.396. The Morgan fingerprint density at radius 1 is 2.00 bits per heavy atom. The molecule has 3 heteroatoms. The summed E-state index contributed by atoms with van der Waals surface area (Å²) in [5, 5.41) is 11.1. The minimum Gasteiger partial charge on any atom is -0.492 e. The standard InChI is InChI=1S/C4H5N2O/c7-4-3-5-1-2-6-4/h2,5,7H,1H2. The zero-order valence-corrected chi connectivity index (χ0v) is 3.68. The van der Waals surface area contributed by atoms with E-state index in [0.29, 0.717) is 6.54 Å². The lowest BCUT2D eigenvalue weighted by Gasteiger charge is -1.97. The van der Waals surface area contributed by atoms with E-state index in [1.54, 1.807) is 6.21 Å². The van der Waals surface area contributed by atoms with Gasteiger partial charge in [0.15, 0.2) is 0 Å². The van der Waals surface area contributed by atoms with Gasteiger partial charge in [-0.2, -0.15) is 0 Å². The van der Waals surface area contributed by atoms with Crippen molar-refractivity contribution in [3.8, 4) is 0 Å². The monoisotopic (exact) mass is 97.0 g/mol. The Kier molecular flexibility index (Phi) is 0.978. The summed E-state index contributed by atoms with van der Waals surface area (Å²) in [6, 6.07) is 0. The lowest BCUT2D eigenvalue weighted by atomic mass is 10.6. The van der Waals surface area contributed by atoms with Gasteiger partial charge in [0.25, 0.3) is 0 Å². The van der Waals surface area contributed by atoms with Gasteiger partial charge in [-0.25, -0.2) is 4.99 Å². The molecule has 0 fully saturated rings. The second-order valence-corrected chi connectivity index (χ2v) is 1.14. The van der Waals surface area contributed by atoms with Crippen molar-refractivity contribution >= 4 is 6.21 Å². The van der Waals surface area contributed by atoms with E-state index < -0.39 is 0 Å². The normalized spacial score (nSPS) is 18.0. The predicted octanol–water partition coefficient (Wildman–Crippen LogP) is -0.180. The van der Waals surface area contributed by atoms with Crippen molar-refractivity contribution < 1.29 is 5.11 Å². The van der Waals surface area contributed by atoms with Crippen LogP contribution in [0.1, 0.15) is 0 Å². The van der Waals surface area contributed by atoms with Crippen molar-refractivity contribution in [2.75, 3.05) is 6.54 Å². The molecule has 0 atom stereocenters. The topological polar surface area (TPSA) is 44.6 Å². The Balaban J connectivity index is 2.58. The summed E-state index contributed by atoms with van der Waals surface area (Å²) in [5.74, 6) is -0.0775. The van der Waals surface area contributed by atoms with Crippen LogP contribution in [-0.2, 0) is 0 Å². The van der Waals surface area contributed by atoms with Gasteiger partial charge in [-0.05, 0) is 0 Å². The molecular formula is C4H5N2O. The first kappa shape index (κ1) is 4.18. The SMILES string of the molecule is OC1=[C]NCC=N1. The molecule has 0 spiro atoms. The Bertz CT molecular complexity index is 117. The Labute approximate surface area is 41.4 Å². The Morgan fingerprint density at radius 3 is 3.14 bits per heavy atom. The molecule has 1 radical (unpaired) electrons. The second kappa shape index (κ2) is 1.64. The summed E-state index contributed by atoms with van der Waals surface area (Å²) in [6.45, 7) is 0.657. The molecule has 1 heterocycles. The van der Waals surface area contributed by atoms with Crippen molar-refractivity contribution in [3.05, 3.63) is 12.1 Å². The maximum Gasteiger partial charge on any atom is 0.237 e. The third-order valence-corrected chi connectivity index (χ3v) is 0.607. The molecule has 1 aliphatic rings. The molecular weight excluding hydrogens is 92.1 g/mol. The predicted molar refractivity (Wildman–Crippen MR) is 25.9 cm³/mol. The quantitative estimate of drug-likeness (QED) is 0.440. The van der Waals surface area contributed by atoms with Crippen LogP contribution in [0.15, 0.2) is 10.9 Å². The van der Waals surface area contributed by atoms with E-state index in [4.69, 9.17) is 5.11 Å². The second-order valence-electron chi connectivity index (χ2n) is 1.14. The molecule has 0 aliphatic carbocycles. The summed E-state index contributed by atoms with van der Waals surface area (Å²) >= 11 is 0. The highest BCUT2D eigenvalue weighted by atomic mass is 16.3. The maximum absolute atomic E-state index is 8.45.